The fourth-order valence-electron chi connectivity index (χ4n) is 0.723. The smallest absolute Gasteiger partial charge is 0.372 e. The van der Waals surface area contributed by atoms with Gasteiger partial charge in [-0.3, -0.25) is 5.84 Å². The molecule has 5 nitrogen and oxygen atoms in total. The first-order valence-electron chi connectivity index (χ1n) is 3.10. The number of allylic oxidation sites excluding steroid dienone is 1. The Labute approximate surface area is 75.6 Å². The summed E-state index contributed by atoms with van der Waals surface area (Å²) in [5.74, 6) is 4.79. The van der Waals surface area contributed by atoms with Crippen molar-refractivity contribution in [3.8, 4) is 0 Å². The van der Waals surface area contributed by atoms with E-state index in [1.54, 1.807) is 5.43 Å². The summed E-state index contributed by atoms with van der Waals surface area (Å²) in [5.41, 5.74) is 2.64. The molecular formula is C4H7F3N4OS. The van der Waals surface area contributed by atoms with Crippen LogP contribution in [0.3, 0.4) is 0 Å². The van der Waals surface area contributed by atoms with Crippen LogP contribution in [0.2, 0.25) is 0 Å². The molecular weight excluding hydrogens is 209 g/mol. The summed E-state index contributed by atoms with van der Waals surface area (Å²) >= 11 is 0.616. The number of nitrogens with one attached hydrogen (secondary N) is 3. The van der Waals surface area contributed by atoms with Crippen molar-refractivity contribution in [3.63, 3.8) is 0 Å². The maximum Gasteiger partial charge on any atom is 0.433 e. The maximum absolute atomic E-state index is 12.2. The van der Waals surface area contributed by atoms with Crippen molar-refractivity contribution in [2.24, 2.45) is 5.84 Å². The van der Waals surface area contributed by atoms with Gasteiger partial charge in [-0.15, -0.1) is 0 Å². The number of hydrogen-bond acceptors (Lipinski definition) is 6. The normalized spacial score (nSPS) is 20.4. The summed E-state index contributed by atoms with van der Waals surface area (Å²) < 4.78 is 36.5. The van der Waals surface area contributed by atoms with Gasteiger partial charge in [0.1, 0.15) is 5.70 Å². The van der Waals surface area contributed by atoms with Gasteiger partial charge in [0.05, 0.1) is 4.91 Å². The van der Waals surface area contributed by atoms with Gasteiger partial charge in [-0.1, -0.05) is 0 Å². The van der Waals surface area contributed by atoms with E-state index in [1.807, 2.05) is 5.43 Å². The van der Waals surface area contributed by atoms with Crippen LogP contribution in [0.4, 0.5) is 13.2 Å². The highest BCUT2D eigenvalue weighted by Crippen LogP contribution is 2.34. The van der Waals surface area contributed by atoms with Crippen LogP contribution in [0.5, 0.6) is 0 Å². The minimum absolute atomic E-state index is 0.338. The van der Waals surface area contributed by atoms with E-state index in [2.05, 4.69) is 4.83 Å². The van der Waals surface area contributed by atoms with Crippen LogP contribution in [-0.4, -0.2) is 17.5 Å². The summed E-state index contributed by atoms with van der Waals surface area (Å²) in [6, 6.07) is 0. The monoisotopic (exact) mass is 216 g/mol. The molecule has 0 aliphatic carbocycles. The third-order valence-corrected chi connectivity index (χ3v) is 2.12. The van der Waals surface area contributed by atoms with E-state index >= 15 is 0 Å². The molecule has 0 saturated heterocycles. The van der Waals surface area contributed by atoms with Crippen LogP contribution >= 0.6 is 11.9 Å². The molecule has 1 aliphatic heterocycles. The Hall–Kier alpha value is -0.480. The van der Waals surface area contributed by atoms with Crippen molar-refractivity contribution in [3.05, 3.63) is 10.6 Å². The zero-order chi connectivity index (χ0) is 10.1. The van der Waals surface area contributed by atoms with Gasteiger partial charge in [0, 0.05) is 0 Å². The van der Waals surface area contributed by atoms with Gasteiger partial charge in [0.2, 0.25) is 0 Å². The Morgan fingerprint density at radius 1 is 1.54 bits per heavy atom. The molecule has 1 atom stereocenters. The number of hydrazine groups is 2. The molecule has 0 aromatic heterocycles. The molecule has 76 valence electrons. The first-order chi connectivity index (χ1) is 5.96. The fourth-order valence-corrected chi connectivity index (χ4v) is 1.43. The van der Waals surface area contributed by atoms with E-state index in [4.69, 9.17) is 10.9 Å². The number of hydrogen-bond donors (Lipinski definition) is 5. The molecule has 0 bridgehead atoms. The molecule has 1 unspecified atom stereocenters. The highest BCUT2D eigenvalue weighted by Gasteiger charge is 2.41. The minimum Gasteiger partial charge on any atom is -0.372 e. The van der Waals surface area contributed by atoms with Gasteiger partial charge in [0.15, 0.2) is 6.23 Å². The quantitative estimate of drug-likeness (QED) is 0.182. The molecule has 13 heavy (non-hydrogen) atoms. The number of aliphatic hydroxyl groups excluding tert-OH is 1. The average Bonchev–Trinajstić information content (AvgIpc) is 2.49. The molecule has 0 amide bonds. The topological polar surface area (TPSA) is 82.3 Å². The predicted molar refractivity (Wildman–Crippen MR) is 40.3 cm³/mol. The molecule has 1 rings (SSSR count). The third kappa shape index (κ3) is 2.25. The van der Waals surface area contributed by atoms with Crippen LogP contribution in [0.25, 0.3) is 0 Å². The van der Waals surface area contributed by atoms with E-state index in [-0.39, 0.29) is 4.91 Å². The first-order valence-corrected chi connectivity index (χ1v) is 3.92. The predicted octanol–water partition coefficient (Wildman–Crippen LogP) is -0.702. The number of halogens is 3. The van der Waals surface area contributed by atoms with Gasteiger partial charge in [-0.25, -0.2) is 5.43 Å². The van der Waals surface area contributed by atoms with Crippen molar-refractivity contribution >= 4 is 11.9 Å². The lowest BCUT2D eigenvalue weighted by atomic mass is 10.3. The Morgan fingerprint density at radius 2 is 2.15 bits per heavy atom. The zero-order valence-electron chi connectivity index (χ0n) is 6.14. The van der Waals surface area contributed by atoms with Crippen molar-refractivity contribution in [2.45, 2.75) is 12.4 Å². The highest BCUT2D eigenvalue weighted by molar-refractivity contribution is 8.01. The van der Waals surface area contributed by atoms with Crippen molar-refractivity contribution < 1.29 is 18.3 Å². The second-order valence-electron chi connectivity index (χ2n) is 2.14. The number of alkyl halides is 3. The molecule has 0 fully saturated rings. The van der Waals surface area contributed by atoms with Crippen LogP contribution in [0.15, 0.2) is 10.6 Å². The Balaban J connectivity index is 2.90. The molecule has 1 aliphatic rings. The molecule has 0 saturated carbocycles. The van der Waals surface area contributed by atoms with Gasteiger partial charge < -0.3 is 10.5 Å². The lowest BCUT2D eigenvalue weighted by molar-refractivity contribution is -0.0980. The maximum atomic E-state index is 12.2. The largest absolute Gasteiger partial charge is 0.433 e. The van der Waals surface area contributed by atoms with Crippen molar-refractivity contribution in [2.75, 3.05) is 0 Å². The van der Waals surface area contributed by atoms with Gasteiger partial charge >= 0.3 is 6.18 Å². The molecule has 1 heterocycles. The summed E-state index contributed by atoms with van der Waals surface area (Å²) in [6.45, 7) is 0. The standard InChI is InChI=1S/C4H7F3N4OS/c5-4(6,7)2-1(3(12)9-8)13-11-10-2/h3,9-12H,8H2. The Kier molecular flexibility index (Phi) is 3.03. The molecule has 6 N–H and O–H groups in total. The van der Waals surface area contributed by atoms with Gasteiger partial charge in [-0.2, -0.15) is 18.0 Å². The van der Waals surface area contributed by atoms with Crippen LogP contribution in [0.1, 0.15) is 0 Å². The average molecular weight is 216 g/mol. The number of nitrogens with two attached hydrogens (primary N) is 1. The van der Waals surface area contributed by atoms with Gasteiger partial charge in [0.25, 0.3) is 0 Å². The SMILES string of the molecule is NNC(O)C1=C(C(F)(F)F)NNS1. The van der Waals surface area contributed by atoms with Crippen LogP contribution < -0.4 is 21.5 Å². The van der Waals surface area contributed by atoms with Gasteiger partial charge in [-0.05, 0) is 11.9 Å². The van der Waals surface area contributed by atoms with E-state index in [9.17, 15) is 13.2 Å². The second kappa shape index (κ2) is 3.72. The number of aliphatic hydroxyl groups is 1. The highest BCUT2D eigenvalue weighted by atomic mass is 32.2. The summed E-state index contributed by atoms with van der Waals surface area (Å²) in [4.78, 5) is 1.82. The third-order valence-electron chi connectivity index (χ3n) is 1.27. The van der Waals surface area contributed by atoms with E-state index in [1.165, 1.54) is 0 Å². The molecule has 0 radical (unpaired) electrons. The fraction of sp³-hybridized carbons (Fsp3) is 0.500. The summed E-state index contributed by atoms with van der Waals surface area (Å²) in [6.07, 6.45) is -6.08. The van der Waals surface area contributed by atoms with E-state index < -0.39 is 18.1 Å². The first kappa shape index (κ1) is 10.6. The minimum atomic E-state index is -4.54. The summed E-state index contributed by atoms with van der Waals surface area (Å²) in [7, 11) is 0. The molecule has 0 aromatic rings. The second-order valence-corrected chi connectivity index (χ2v) is 2.98. The summed E-state index contributed by atoms with van der Waals surface area (Å²) in [5, 5.41) is 9.00. The molecule has 0 aromatic carbocycles. The van der Waals surface area contributed by atoms with E-state index in [0.29, 0.717) is 11.9 Å². The van der Waals surface area contributed by atoms with Crippen molar-refractivity contribution in [1.29, 1.82) is 0 Å². The molecule has 0 spiro atoms. The Morgan fingerprint density at radius 3 is 2.62 bits per heavy atom. The lowest BCUT2D eigenvalue weighted by Crippen LogP contribution is -2.37. The van der Waals surface area contributed by atoms with Crippen molar-refractivity contribution in [1.82, 2.24) is 15.7 Å². The number of rotatable bonds is 2. The zero-order valence-corrected chi connectivity index (χ0v) is 6.96. The molecule has 9 heteroatoms. The Bertz CT molecular complexity index is 230. The van der Waals surface area contributed by atoms with Crippen LogP contribution in [0, 0.1) is 0 Å². The van der Waals surface area contributed by atoms with E-state index in [0.717, 1.165) is 0 Å². The van der Waals surface area contributed by atoms with Crippen LogP contribution in [-0.2, 0) is 0 Å². The lowest BCUT2D eigenvalue weighted by Gasteiger charge is -2.12.